The van der Waals surface area contributed by atoms with Crippen molar-refractivity contribution in [2.24, 2.45) is 0 Å². The van der Waals surface area contributed by atoms with E-state index in [0.717, 1.165) is 33.8 Å². The van der Waals surface area contributed by atoms with Crippen molar-refractivity contribution in [1.29, 1.82) is 0 Å². The Kier molecular flexibility index (Phi) is 3.92. The number of fused-ring (bicyclic) bond motifs is 1. The molecule has 0 aliphatic carbocycles. The van der Waals surface area contributed by atoms with Gasteiger partial charge in [-0.25, -0.2) is 4.98 Å². The van der Waals surface area contributed by atoms with Crippen LogP contribution in [0.1, 0.15) is 15.9 Å². The Labute approximate surface area is 126 Å². The van der Waals surface area contributed by atoms with Gasteiger partial charge in [0.15, 0.2) is 5.16 Å². The molecule has 0 amide bonds. The summed E-state index contributed by atoms with van der Waals surface area (Å²) in [6.45, 7) is 0. The van der Waals surface area contributed by atoms with Crippen molar-refractivity contribution in [3.63, 3.8) is 0 Å². The van der Waals surface area contributed by atoms with Crippen LogP contribution < -0.4 is 4.74 Å². The number of carbonyl (C=O) groups excluding carboxylic acids is 1. The minimum Gasteiger partial charge on any atom is -0.496 e. The Morgan fingerprint density at radius 2 is 2.14 bits per heavy atom. The molecule has 0 unspecified atom stereocenters. The van der Waals surface area contributed by atoms with Gasteiger partial charge in [-0.3, -0.25) is 4.79 Å². The first-order valence-electron chi connectivity index (χ1n) is 6.50. The van der Waals surface area contributed by atoms with Crippen molar-refractivity contribution < 1.29 is 9.53 Å². The van der Waals surface area contributed by atoms with Crippen LogP contribution in [0, 0.1) is 0 Å². The zero-order valence-corrected chi connectivity index (χ0v) is 12.3. The van der Waals surface area contributed by atoms with Gasteiger partial charge in [0.2, 0.25) is 0 Å². The van der Waals surface area contributed by atoms with Crippen LogP contribution in [0.4, 0.5) is 0 Å². The van der Waals surface area contributed by atoms with E-state index >= 15 is 0 Å². The molecule has 0 radical (unpaired) electrons. The fourth-order valence-electron chi connectivity index (χ4n) is 2.13. The third kappa shape index (κ3) is 2.92. The number of H-pyrrole nitrogens is 1. The number of thioether (sulfide) groups is 1. The van der Waals surface area contributed by atoms with Crippen LogP contribution >= 0.6 is 11.8 Å². The van der Waals surface area contributed by atoms with Crippen molar-refractivity contribution in [3.8, 4) is 5.75 Å². The first-order valence-corrected chi connectivity index (χ1v) is 7.48. The number of carbonyl (C=O) groups is 1. The van der Waals surface area contributed by atoms with Gasteiger partial charge in [0.05, 0.1) is 18.1 Å². The maximum absolute atomic E-state index is 10.9. The van der Waals surface area contributed by atoms with Crippen LogP contribution in [-0.2, 0) is 5.75 Å². The van der Waals surface area contributed by atoms with Crippen molar-refractivity contribution >= 4 is 29.1 Å². The third-order valence-electron chi connectivity index (χ3n) is 3.17. The lowest BCUT2D eigenvalue weighted by atomic mass is 10.1. The monoisotopic (exact) mass is 298 g/mol. The Morgan fingerprint density at radius 1 is 1.29 bits per heavy atom. The topological polar surface area (TPSA) is 55.0 Å². The highest BCUT2D eigenvalue weighted by Crippen LogP contribution is 2.28. The van der Waals surface area contributed by atoms with Gasteiger partial charge in [-0.05, 0) is 30.3 Å². The van der Waals surface area contributed by atoms with Crippen molar-refractivity contribution in [1.82, 2.24) is 9.97 Å². The molecule has 0 aliphatic heterocycles. The molecule has 1 aromatic heterocycles. The molecule has 0 bridgehead atoms. The number of aromatic amines is 1. The van der Waals surface area contributed by atoms with Crippen LogP contribution in [0.25, 0.3) is 11.0 Å². The molecule has 4 nitrogen and oxygen atoms in total. The lowest BCUT2D eigenvalue weighted by molar-refractivity contribution is 0.112. The molecule has 1 heterocycles. The van der Waals surface area contributed by atoms with Gasteiger partial charge in [0.1, 0.15) is 12.0 Å². The average Bonchev–Trinajstić information content (AvgIpc) is 2.95. The Morgan fingerprint density at radius 3 is 2.90 bits per heavy atom. The zero-order valence-electron chi connectivity index (χ0n) is 11.5. The summed E-state index contributed by atoms with van der Waals surface area (Å²) in [5, 5.41) is 0.856. The molecule has 5 heteroatoms. The molecule has 21 heavy (non-hydrogen) atoms. The molecule has 106 valence electrons. The number of methoxy groups -OCH3 is 1. The largest absolute Gasteiger partial charge is 0.496 e. The summed E-state index contributed by atoms with van der Waals surface area (Å²) in [6.07, 6.45) is 0.842. The third-order valence-corrected chi connectivity index (χ3v) is 4.09. The van der Waals surface area contributed by atoms with E-state index in [9.17, 15) is 4.79 Å². The van der Waals surface area contributed by atoms with Crippen LogP contribution in [0.15, 0.2) is 47.6 Å². The Bertz CT molecular complexity index is 750. The molecule has 0 spiro atoms. The molecule has 0 aliphatic rings. The van der Waals surface area contributed by atoms with Crippen LogP contribution in [0.2, 0.25) is 0 Å². The number of para-hydroxylation sites is 2. The highest BCUT2D eigenvalue weighted by Gasteiger charge is 2.08. The number of hydrogen-bond donors (Lipinski definition) is 1. The number of aldehydes is 1. The Balaban J connectivity index is 1.82. The molecule has 0 atom stereocenters. The lowest BCUT2D eigenvalue weighted by Crippen LogP contribution is -1.93. The van der Waals surface area contributed by atoms with Gasteiger partial charge >= 0.3 is 0 Å². The van der Waals surface area contributed by atoms with E-state index < -0.39 is 0 Å². The van der Waals surface area contributed by atoms with E-state index in [1.807, 2.05) is 36.4 Å². The van der Waals surface area contributed by atoms with Gasteiger partial charge < -0.3 is 9.72 Å². The van der Waals surface area contributed by atoms with Crippen molar-refractivity contribution in [2.75, 3.05) is 7.11 Å². The SMILES string of the molecule is COc1ccc(C=O)cc1CSc1nc2ccccc2[nH]1. The lowest BCUT2D eigenvalue weighted by Gasteiger charge is -2.07. The smallest absolute Gasteiger partial charge is 0.166 e. The highest BCUT2D eigenvalue weighted by molar-refractivity contribution is 7.98. The first-order chi connectivity index (χ1) is 10.3. The van der Waals surface area contributed by atoms with Gasteiger partial charge in [0, 0.05) is 16.9 Å². The maximum atomic E-state index is 10.9. The summed E-state index contributed by atoms with van der Waals surface area (Å²) < 4.78 is 5.33. The summed E-state index contributed by atoms with van der Waals surface area (Å²) in [6, 6.07) is 13.3. The van der Waals surface area contributed by atoms with Crippen LogP contribution in [-0.4, -0.2) is 23.4 Å². The summed E-state index contributed by atoms with van der Waals surface area (Å²) in [5.41, 5.74) is 3.60. The van der Waals surface area contributed by atoms with E-state index in [0.29, 0.717) is 11.3 Å². The molecule has 3 rings (SSSR count). The quantitative estimate of drug-likeness (QED) is 0.576. The van der Waals surface area contributed by atoms with E-state index in [1.165, 1.54) is 0 Å². The maximum Gasteiger partial charge on any atom is 0.166 e. The minimum atomic E-state index is 0.649. The van der Waals surface area contributed by atoms with E-state index in [2.05, 4.69) is 9.97 Å². The minimum absolute atomic E-state index is 0.649. The highest BCUT2D eigenvalue weighted by atomic mass is 32.2. The van der Waals surface area contributed by atoms with E-state index in [-0.39, 0.29) is 0 Å². The van der Waals surface area contributed by atoms with Gasteiger partial charge in [-0.1, -0.05) is 23.9 Å². The van der Waals surface area contributed by atoms with Gasteiger partial charge in [-0.15, -0.1) is 0 Å². The number of nitrogens with one attached hydrogen (secondary N) is 1. The molecule has 3 aromatic rings. The molecule has 0 saturated carbocycles. The van der Waals surface area contributed by atoms with E-state index in [4.69, 9.17) is 4.74 Å². The normalized spacial score (nSPS) is 10.7. The number of benzene rings is 2. The molecular weight excluding hydrogens is 284 g/mol. The Hall–Kier alpha value is -2.27. The first kappa shape index (κ1) is 13.7. The number of ether oxygens (including phenoxy) is 1. The molecule has 2 aromatic carbocycles. The number of imidazole rings is 1. The van der Waals surface area contributed by atoms with E-state index in [1.54, 1.807) is 24.9 Å². The average molecular weight is 298 g/mol. The standard InChI is InChI=1S/C16H14N2O2S/c1-20-15-7-6-11(9-19)8-12(15)10-21-16-17-13-4-2-3-5-14(13)18-16/h2-9H,10H2,1H3,(H,17,18). The second-order valence-electron chi connectivity index (χ2n) is 4.54. The predicted octanol–water partition coefficient (Wildman–Crippen LogP) is 3.68. The number of rotatable bonds is 5. The molecule has 0 saturated heterocycles. The van der Waals surface area contributed by atoms with Crippen LogP contribution in [0.3, 0.4) is 0 Å². The second kappa shape index (κ2) is 6.01. The second-order valence-corrected chi connectivity index (χ2v) is 5.50. The van der Waals surface area contributed by atoms with Crippen LogP contribution in [0.5, 0.6) is 5.75 Å². The number of hydrogen-bond acceptors (Lipinski definition) is 4. The fraction of sp³-hybridized carbons (Fsp3) is 0.125. The summed E-state index contributed by atoms with van der Waals surface area (Å²) in [5.74, 6) is 1.47. The number of nitrogens with zero attached hydrogens (tertiary/aromatic N) is 1. The summed E-state index contributed by atoms with van der Waals surface area (Å²) in [4.78, 5) is 18.7. The zero-order chi connectivity index (χ0) is 14.7. The molecular formula is C16H14N2O2S. The fourth-order valence-corrected chi connectivity index (χ4v) is 2.99. The number of aromatic nitrogens is 2. The summed E-state index contributed by atoms with van der Waals surface area (Å²) in [7, 11) is 1.63. The van der Waals surface area contributed by atoms with Gasteiger partial charge in [0.25, 0.3) is 0 Å². The molecule has 0 fully saturated rings. The predicted molar refractivity (Wildman–Crippen MR) is 84.0 cm³/mol. The van der Waals surface area contributed by atoms with Gasteiger partial charge in [-0.2, -0.15) is 0 Å². The van der Waals surface area contributed by atoms with Crippen molar-refractivity contribution in [3.05, 3.63) is 53.6 Å². The summed E-state index contributed by atoms with van der Waals surface area (Å²) >= 11 is 1.59. The molecule has 1 N–H and O–H groups in total. The van der Waals surface area contributed by atoms with Crippen molar-refractivity contribution in [2.45, 2.75) is 10.9 Å².